The van der Waals surface area contributed by atoms with Gasteiger partial charge in [0.05, 0.1) is 22.4 Å². The molecule has 0 spiro atoms. The molecule has 2 aliphatic rings. The van der Waals surface area contributed by atoms with Gasteiger partial charge in [-0.2, -0.15) is 18.2 Å². The summed E-state index contributed by atoms with van der Waals surface area (Å²) in [5.41, 5.74) is 0.422. The van der Waals surface area contributed by atoms with E-state index < -0.39 is 17.6 Å². The average Bonchev–Trinajstić information content (AvgIpc) is 2.90. The second kappa shape index (κ2) is 10.3. The van der Waals surface area contributed by atoms with E-state index in [1.807, 2.05) is 9.80 Å². The molecule has 7 nitrogen and oxygen atoms in total. The number of nitrogens with zero attached hydrogens (tertiary/aromatic N) is 6. The minimum atomic E-state index is -4.49. The minimum Gasteiger partial charge on any atom is -0.393 e. The zero-order valence-corrected chi connectivity index (χ0v) is 20.6. The summed E-state index contributed by atoms with van der Waals surface area (Å²) in [7, 11) is 0. The Hall–Kier alpha value is -3.18. The SMILES string of the molecule is OC1CCN(c2nc(-c3ccc(F)c(Cl)c3)cc(N3CCN(c4ncccc4C(F)(F)F)CC3)n2)CC1. The summed E-state index contributed by atoms with van der Waals surface area (Å²) in [6.07, 6.45) is -2.31. The predicted molar refractivity (Wildman–Crippen MR) is 134 cm³/mol. The van der Waals surface area contributed by atoms with Crippen LogP contribution in [0.2, 0.25) is 5.02 Å². The van der Waals surface area contributed by atoms with Crippen molar-refractivity contribution in [2.75, 3.05) is 54.0 Å². The molecule has 0 saturated carbocycles. The number of alkyl halides is 3. The molecule has 1 aromatic carbocycles. The zero-order chi connectivity index (χ0) is 26.2. The van der Waals surface area contributed by atoms with E-state index in [2.05, 4.69) is 4.98 Å². The van der Waals surface area contributed by atoms with Crippen molar-refractivity contribution in [1.82, 2.24) is 15.0 Å². The molecular weight excluding hydrogens is 512 g/mol. The standard InChI is InChI=1S/C25H25ClF4N6O/c26-19-14-16(3-4-20(19)27)21-15-22(33-24(32-21)36-8-5-17(37)6-9-36)34-10-12-35(13-11-34)23-18(25(28,29)30)2-1-7-31-23/h1-4,7,14-15,17,37H,5-6,8-13H2. The van der Waals surface area contributed by atoms with Gasteiger partial charge in [-0.15, -0.1) is 0 Å². The Labute approximate surface area is 216 Å². The monoisotopic (exact) mass is 536 g/mol. The van der Waals surface area contributed by atoms with Crippen molar-refractivity contribution in [2.45, 2.75) is 25.1 Å². The van der Waals surface area contributed by atoms with E-state index in [-0.39, 0.29) is 16.9 Å². The Balaban J connectivity index is 1.42. The van der Waals surface area contributed by atoms with Crippen LogP contribution in [0.3, 0.4) is 0 Å². The minimum absolute atomic E-state index is 0.0234. The number of anilines is 3. The molecule has 3 aromatic rings. The summed E-state index contributed by atoms with van der Waals surface area (Å²) in [4.78, 5) is 19.1. The van der Waals surface area contributed by atoms with Gasteiger partial charge in [-0.05, 0) is 43.2 Å². The molecule has 5 rings (SSSR count). The van der Waals surface area contributed by atoms with Crippen LogP contribution in [-0.2, 0) is 6.18 Å². The van der Waals surface area contributed by atoms with Gasteiger partial charge >= 0.3 is 6.18 Å². The van der Waals surface area contributed by atoms with Gasteiger partial charge in [0.1, 0.15) is 17.5 Å². The van der Waals surface area contributed by atoms with Crippen molar-refractivity contribution in [1.29, 1.82) is 0 Å². The lowest BCUT2D eigenvalue weighted by atomic mass is 10.1. The van der Waals surface area contributed by atoms with Gasteiger partial charge in [-0.1, -0.05) is 11.6 Å². The molecule has 2 aliphatic heterocycles. The first kappa shape index (κ1) is 25.5. The molecule has 2 saturated heterocycles. The van der Waals surface area contributed by atoms with Crippen molar-refractivity contribution >= 4 is 29.2 Å². The van der Waals surface area contributed by atoms with Crippen molar-refractivity contribution in [3.63, 3.8) is 0 Å². The van der Waals surface area contributed by atoms with Crippen LogP contribution >= 0.6 is 11.6 Å². The van der Waals surface area contributed by atoms with E-state index in [0.717, 1.165) is 6.07 Å². The van der Waals surface area contributed by atoms with E-state index in [1.54, 1.807) is 17.0 Å². The van der Waals surface area contributed by atoms with Crippen LogP contribution in [0.15, 0.2) is 42.6 Å². The third kappa shape index (κ3) is 5.57. The van der Waals surface area contributed by atoms with Crippen LogP contribution < -0.4 is 14.7 Å². The number of aliphatic hydroxyl groups is 1. The van der Waals surface area contributed by atoms with Gasteiger partial charge in [-0.3, -0.25) is 0 Å². The molecule has 0 radical (unpaired) electrons. The smallest absolute Gasteiger partial charge is 0.393 e. The van der Waals surface area contributed by atoms with Crippen LogP contribution in [-0.4, -0.2) is 65.4 Å². The maximum absolute atomic E-state index is 13.8. The maximum Gasteiger partial charge on any atom is 0.419 e. The van der Waals surface area contributed by atoms with Crippen LogP contribution in [0.25, 0.3) is 11.3 Å². The van der Waals surface area contributed by atoms with Crippen molar-refractivity contribution < 1.29 is 22.7 Å². The summed E-state index contributed by atoms with van der Waals surface area (Å²) in [6.45, 7) is 2.67. The number of pyridine rings is 1. The topological polar surface area (TPSA) is 68.6 Å². The number of rotatable bonds is 4. The van der Waals surface area contributed by atoms with Gasteiger partial charge < -0.3 is 19.8 Å². The Morgan fingerprint density at radius 2 is 1.59 bits per heavy atom. The first-order valence-electron chi connectivity index (χ1n) is 12.0. The molecule has 37 heavy (non-hydrogen) atoms. The first-order chi connectivity index (χ1) is 17.7. The largest absolute Gasteiger partial charge is 0.419 e. The summed E-state index contributed by atoms with van der Waals surface area (Å²) < 4.78 is 54.3. The van der Waals surface area contributed by atoms with Crippen molar-refractivity contribution in [2.24, 2.45) is 0 Å². The highest BCUT2D eigenvalue weighted by Gasteiger charge is 2.36. The fraction of sp³-hybridized carbons (Fsp3) is 0.400. The number of piperidine rings is 1. The van der Waals surface area contributed by atoms with Gasteiger partial charge in [0, 0.05) is 57.1 Å². The Bertz CT molecular complexity index is 1260. The van der Waals surface area contributed by atoms with Gasteiger partial charge in [-0.25, -0.2) is 14.4 Å². The van der Waals surface area contributed by atoms with Crippen LogP contribution in [0.4, 0.5) is 35.1 Å². The van der Waals surface area contributed by atoms with Crippen LogP contribution in [0.1, 0.15) is 18.4 Å². The summed E-state index contributed by atoms with van der Waals surface area (Å²) in [6, 6.07) is 8.48. The lowest BCUT2D eigenvalue weighted by Gasteiger charge is -2.37. The van der Waals surface area contributed by atoms with E-state index in [0.29, 0.717) is 75.1 Å². The summed E-state index contributed by atoms with van der Waals surface area (Å²) in [5, 5.41) is 9.88. The highest BCUT2D eigenvalue weighted by molar-refractivity contribution is 6.31. The van der Waals surface area contributed by atoms with Crippen molar-refractivity contribution in [3.05, 3.63) is 59.0 Å². The molecule has 0 bridgehead atoms. The number of benzene rings is 1. The number of hydrogen-bond donors (Lipinski definition) is 1. The average molecular weight is 537 g/mol. The first-order valence-corrected chi connectivity index (χ1v) is 12.4. The Kier molecular flexibility index (Phi) is 7.09. The van der Waals surface area contributed by atoms with E-state index in [4.69, 9.17) is 21.6 Å². The Morgan fingerprint density at radius 3 is 2.27 bits per heavy atom. The third-order valence-electron chi connectivity index (χ3n) is 6.66. The summed E-state index contributed by atoms with van der Waals surface area (Å²) >= 11 is 6.02. The highest BCUT2D eigenvalue weighted by Crippen LogP contribution is 2.36. The predicted octanol–water partition coefficient (Wildman–Crippen LogP) is 4.64. The summed E-state index contributed by atoms with van der Waals surface area (Å²) in [5.74, 6) is 0.481. The molecule has 0 atom stereocenters. The number of piperazine rings is 1. The molecule has 2 fully saturated rings. The van der Waals surface area contributed by atoms with E-state index in [9.17, 15) is 22.7 Å². The molecule has 0 unspecified atom stereocenters. The highest BCUT2D eigenvalue weighted by atomic mass is 35.5. The normalized spacial score (nSPS) is 17.4. The maximum atomic E-state index is 13.8. The van der Waals surface area contributed by atoms with E-state index >= 15 is 0 Å². The lowest BCUT2D eigenvalue weighted by Crippen LogP contribution is -2.47. The molecule has 196 valence electrons. The zero-order valence-electron chi connectivity index (χ0n) is 19.8. The number of halogens is 5. The fourth-order valence-corrected chi connectivity index (χ4v) is 4.79. The third-order valence-corrected chi connectivity index (χ3v) is 6.95. The van der Waals surface area contributed by atoms with Gasteiger partial charge in [0.2, 0.25) is 5.95 Å². The molecule has 1 N–H and O–H groups in total. The molecule has 0 aliphatic carbocycles. The second-order valence-electron chi connectivity index (χ2n) is 9.10. The molecule has 2 aromatic heterocycles. The van der Waals surface area contributed by atoms with Crippen molar-refractivity contribution in [3.8, 4) is 11.3 Å². The number of aliphatic hydroxyl groups excluding tert-OH is 1. The van der Waals surface area contributed by atoms with Gasteiger partial charge in [0.15, 0.2) is 0 Å². The van der Waals surface area contributed by atoms with Gasteiger partial charge in [0.25, 0.3) is 0 Å². The quantitative estimate of drug-likeness (QED) is 0.487. The molecule has 0 amide bonds. The molecule has 4 heterocycles. The molecule has 12 heteroatoms. The second-order valence-corrected chi connectivity index (χ2v) is 9.51. The van der Waals surface area contributed by atoms with Crippen LogP contribution in [0, 0.1) is 5.82 Å². The lowest BCUT2D eigenvalue weighted by molar-refractivity contribution is -0.137. The van der Waals surface area contributed by atoms with Crippen LogP contribution in [0.5, 0.6) is 0 Å². The van der Waals surface area contributed by atoms with E-state index in [1.165, 1.54) is 24.4 Å². The fourth-order valence-electron chi connectivity index (χ4n) is 4.61. The number of aromatic nitrogens is 3. The molecular formula is C25H25ClF4N6O. The Morgan fingerprint density at radius 1 is 0.892 bits per heavy atom. The number of hydrogen-bond acceptors (Lipinski definition) is 7.